The van der Waals surface area contributed by atoms with Gasteiger partial charge in [-0.2, -0.15) is 0 Å². The van der Waals surface area contributed by atoms with Crippen molar-refractivity contribution in [3.05, 3.63) is 151 Å². The molecule has 235 valence electrons. The van der Waals surface area contributed by atoms with Gasteiger partial charge < -0.3 is 14.0 Å². The first kappa shape index (κ1) is 32.3. The molecule has 0 N–H and O–H groups in total. The van der Waals surface area contributed by atoms with E-state index >= 15 is 0 Å². The van der Waals surface area contributed by atoms with Crippen molar-refractivity contribution >= 4 is 46.2 Å². The number of furan rings is 1. The van der Waals surface area contributed by atoms with Crippen LogP contribution in [-0.4, -0.2) is 22.6 Å². The molecule has 0 atom stereocenters. The number of hydrogen-bond acceptors (Lipinski definition) is 3. The van der Waals surface area contributed by atoms with Crippen molar-refractivity contribution in [2.24, 2.45) is 0 Å². The average Bonchev–Trinajstić information content (AvgIpc) is 3.65. The molecule has 4 nitrogen and oxygen atoms in total. The quantitative estimate of drug-likeness (QED) is 0.129. The smallest absolute Gasteiger partial charge is 0.121 e. The van der Waals surface area contributed by atoms with E-state index in [1.165, 1.54) is 11.3 Å². The van der Waals surface area contributed by atoms with Gasteiger partial charge in [-0.05, 0) is 40.0 Å². The Balaban J connectivity index is 0.000000194. The number of imidazole rings is 1. The minimum atomic E-state index is -1.23. The SMILES string of the molecule is C[Si](C)(C)c1ccc(-c2[c-]cccc2)nc1.Fc1c[c-]c(-c2nc3ccccc3n2Cc2ccccc2)c2oc3ccccc3c12.[Ir]. The number of aromatic nitrogens is 3. The molecule has 0 aliphatic heterocycles. The zero-order valence-corrected chi connectivity index (χ0v) is 29.7. The van der Waals surface area contributed by atoms with Crippen LogP contribution in [0.3, 0.4) is 0 Å². The monoisotopic (exact) mass is 810 g/mol. The molecule has 0 saturated heterocycles. The molecule has 0 unspecified atom stereocenters. The average molecular weight is 810 g/mol. The van der Waals surface area contributed by atoms with Crippen LogP contribution in [0, 0.1) is 17.9 Å². The Hall–Kier alpha value is -4.68. The molecule has 0 aliphatic carbocycles. The predicted octanol–water partition coefficient (Wildman–Crippen LogP) is 9.68. The molecule has 1 radical (unpaired) electrons. The van der Waals surface area contributed by atoms with Crippen LogP contribution in [0.2, 0.25) is 19.6 Å². The number of benzene rings is 5. The third-order valence-corrected chi connectivity index (χ3v) is 10.1. The maximum atomic E-state index is 14.8. The van der Waals surface area contributed by atoms with E-state index in [2.05, 4.69) is 65.6 Å². The van der Waals surface area contributed by atoms with Gasteiger partial charge >= 0.3 is 0 Å². The topological polar surface area (TPSA) is 43.9 Å². The second kappa shape index (κ2) is 13.6. The van der Waals surface area contributed by atoms with Gasteiger partial charge in [0.1, 0.15) is 5.58 Å². The van der Waals surface area contributed by atoms with Crippen molar-refractivity contribution in [1.82, 2.24) is 14.5 Å². The maximum absolute atomic E-state index is 14.8. The van der Waals surface area contributed by atoms with Gasteiger partial charge in [0.2, 0.25) is 0 Å². The fourth-order valence-electron chi connectivity index (χ4n) is 5.64. The largest absolute Gasteiger partial charge is 0.500 e. The zero-order valence-electron chi connectivity index (χ0n) is 26.3. The van der Waals surface area contributed by atoms with Crippen molar-refractivity contribution in [3.63, 3.8) is 0 Å². The van der Waals surface area contributed by atoms with Gasteiger partial charge in [-0.3, -0.25) is 9.37 Å². The third kappa shape index (κ3) is 6.61. The number of rotatable bonds is 5. The van der Waals surface area contributed by atoms with Crippen molar-refractivity contribution < 1.29 is 28.9 Å². The molecule has 3 heterocycles. The minimum Gasteiger partial charge on any atom is -0.500 e. The fourth-order valence-corrected chi connectivity index (χ4v) is 6.68. The van der Waals surface area contributed by atoms with Crippen LogP contribution >= 0.6 is 0 Å². The summed E-state index contributed by atoms with van der Waals surface area (Å²) < 4.78 is 23.0. The van der Waals surface area contributed by atoms with Gasteiger partial charge in [0.15, 0.2) is 0 Å². The molecule has 0 fully saturated rings. The van der Waals surface area contributed by atoms with Gasteiger partial charge in [0.05, 0.1) is 30.5 Å². The van der Waals surface area contributed by atoms with E-state index in [1.807, 2.05) is 97.2 Å². The van der Waals surface area contributed by atoms with Crippen LogP contribution in [0.25, 0.3) is 55.6 Å². The van der Waals surface area contributed by atoms with E-state index in [1.54, 1.807) is 0 Å². The molecule has 5 aromatic carbocycles. The summed E-state index contributed by atoms with van der Waals surface area (Å²) in [5, 5.41) is 2.62. The summed E-state index contributed by atoms with van der Waals surface area (Å²) in [6.45, 7) is 7.64. The van der Waals surface area contributed by atoms with Gasteiger partial charge in [-0.25, -0.2) is 0 Å². The van der Waals surface area contributed by atoms with Crippen LogP contribution in [0.5, 0.6) is 0 Å². The Labute approximate surface area is 288 Å². The molecular weight excluding hydrogens is 778 g/mol. The standard InChI is InChI=1S/C26H16FN2O.C14H16NSi.Ir/c27-20-15-14-19(25-24(20)18-10-4-7-13-23(18)30-25)26-28-21-11-5-6-12-22(21)29(26)16-17-8-2-1-3-9-17;1-16(2,3)13-9-10-14(15-11-13)12-7-5-4-6-8-12;/h1-13,15H,16H2;4-7,9-11H,1-3H3;/q2*-1;. The predicted molar refractivity (Wildman–Crippen MR) is 188 cm³/mol. The number of hydrogen-bond donors (Lipinski definition) is 0. The Morgan fingerprint density at radius 1 is 0.809 bits per heavy atom. The Morgan fingerprint density at radius 3 is 2.30 bits per heavy atom. The van der Waals surface area contributed by atoms with Crippen molar-refractivity contribution in [1.29, 1.82) is 0 Å². The van der Waals surface area contributed by atoms with Crippen molar-refractivity contribution in [2.75, 3.05) is 0 Å². The van der Waals surface area contributed by atoms with Crippen LogP contribution in [0.4, 0.5) is 4.39 Å². The first-order valence-electron chi connectivity index (χ1n) is 15.3. The molecule has 0 aliphatic rings. The molecule has 8 aromatic rings. The van der Waals surface area contributed by atoms with E-state index in [0.29, 0.717) is 34.5 Å². The van der Waals surface area contributed by atoms with E-state index in [0.717, 1.165) is 33.2 Å². The van der Waals surface area contributed by atoms with Crippen LogP contribution in [0.1, 0.15) is 5.56 Å². The number of nitrogens with zero attached hydrogens (tertiary/aromatic N) is 3. The Bertz CT molecular complexity index is 2280. The summed E-state index contributed by atoms with van der Waals surface area (Å²) in [4.78, 5) is 9.40. The van der Waals surface area contributed by atoms with Crippen molar-refractivity contribution in [2.45, 2.75) is 26.2 Å². The van der Waals surface area contributed by atoms with E-state index in [4.69, 9.17) is 9.40 Å². The van der Waals surface area contributed by atoms with Crippen LogP contribution in [0.15, 0.2) is 132 Å². The van der Waals surface area contributed by atoms with E-state index in [9.17, 15) is 4.39 Å². The zero-order chi connectivity index (χ0) is 31.7. The Morgan fingerprint density at radius 2 is 1.55 bits per heavy atom. The number of fused-ring (bicyclic) bond motifs is 4. The summed E-state index contributed by atoms with van der Waals surface area (Å²) in [5.74, 6) is 0.369. The van der Waals surface area contributed by atoms with E-state index in [-0.39, 0.29) is 25.9 Å². The summed E-state index contributed by atoms with van der Waals surface area (Å²) in [5.41, 5.74) is 6.90. The van der Waals surface area contributed by atoms with Crippen LogP contribution < -0.4 is 5.19 Å². The molecule has 0 spiro atoms. The molecule has 0 saturated carbocycles. The summed E-state index contributed by atoms with van der Waals surface area (Å²) in [6, 6.07) is 45.6. The maximum Gasteiger partial charge on any atom is 0.121 e. The molecule has 8 rings (SSSR count). The third-order valence-electron chi connectivity index (χ3n) is 8.08. The molecule has 47 heavy (non-hydrogen) atoms. The second-order valence-electron chi connectivity index (χ2n) is 12.3. The van der Waals surface area contributed by atoms with Gasteiger partial charge in [-0.15, -0.1) is 48.0 Å². The minimum absolute atomic E-state index is 0. The Kier molecular flexibility index (Phi) is 9.32. The summed E-state index contributed by atoms with van der Waals surface area (Å²) in [6.07, 6.45) is 2.02. The van der Waals surface area contributed by atoms with Gasteiger partial charge in [-0.1, -0.05) is 98.0 Å². The first-order chi connectivity index (χ1) is 22.4. The van der Waals surface area contributed by atoms with E-state index < -0.39 is 8.07 Å². The molecule has 0 amide bonds. The summed E-state index contributed by atoms with van der Waals surface area (Å²) >= 11 is 0. The summed E-state index contributed by atoms with van der Waals surface area (Å²) in [7, 11) is -1.23. The van der Waals surface area contributed by atoms with Gasteiger partial charge in [0, 0.05) is 44.1 Å². The number of pyridine rings is 1. The molecule has 0 bridgehead atoms. The van der Waals surface area contributed by atoms with Gasteiger partial charge in [0.25, 0.3) is 0 Å². The molecule has 3 aromatic heterocycles. The molecule has 7 heteroatoms. The number of halogens is 1. The number of para-hydroxylation sites is 3. The first-order valence-corrected chi connectivity index (χ1v) is 18.8. The normalized spacial score (nSPS) is 11.3. The fraction of sp³-hybridized carbons (Fsp3) is 0.100. The van der Waals surface area contributed by atoms with Crippen LogP contribution in [-0.2, 0) is 26.7 Å². The second-order valence-corrected chi connectivity index (χ2v) is 17.3. The van der Waals surface area contributed by atoms with Crippen molar-refractivity contribution in [3.8, 4) is 22.6 Å². The molecular formula is C40H32FIrN3OSi-2.